The van der Waals surface area contributed by atoms with Crippen molar-refractivity contribution in [2.24, 2.45) is 0 Å². The van der Waals surface area contributed by atoms with E-state index < -0.39 is 0 Å². The molecule has 0 bridgehead atoms. The molecule has 0 atom stereocenters. The zero-order valence-electron chi connectivity index (χ0n) is 8.84. The maximum Gasteiger partial charge on any atom is 0.198 e. The number of ketones is 1. The second-order valence-electron chi connectivity index (χ2n) is 3.46. The quantitative estimate of drug-likeness (QED) is 0.769. The normalized spacial score (nSPS) is 10.1. The number of pyridine rings is 2. The lowest BCUT2D eigenvalue weighted by atomic mass is 10.0. The Morgan fingerprint density at radius 2 is 2.12 bits per heavy atom. The Morgan fingerprint density at radius 3 is 2.75 bits per heavy atom. The van der Waals surface area contributed by atoms with Crippen LogP contribution in [0.5, 0.6) is 0 Å². The lowest BCUT2D eigenvalue weighted by Gasteiger charge is -2.06. The molecule has 0 spiro atoms. The van der Waals surface area contributed by atoms with Gasteiger partial charge < -0.3 is 5.73 Å². The first kappa shape index (κ1) is 10.3. The Bertz CT molecular complexity index is 503. The predicted octanol–water partition coefficient (Wildman–Crippen LogP) is 1.60. The lowest BCUT2D eigenvalue weighted by Crippen LogP contribution is -2.09. The number of aryl methyl sites for hydroxylation is 1. The number of nitrogens with zero attached hydrogens (tertiary/aromatic N) is 2. The average molecular weight is 213 g/mol. The largest absolute Gasteiger partial charge is 0.383 e. The van der Waals surface area contributed by atoms with Crippen LogP contribution in [0.15, 0.2) is 36.8 Å². The molecule has 4 heteroatoms. The fourth-order valence-electron chi connectivity index (χ4n) is 1.52. The molecule has 0 saturated carbocycles. The van der Waals surface area contributed by atoms with Gasteiger partial charge in [0.25, 0.3) is 0 Å². The summed E-state index contributed by atoms with van der Waals surface area (Å²) in [7, 11) is 0. The molecule has 0 amide bonds. The minimum Gasteiger partial charge on any atom is -0.383 e. The average Bonchev–Trinajstić information content (AvgIpc) is 2.30. The first-order valence-electron chi connectivity index (χ1n) is 4.86. The smallest absolute Gasteiger partial charge is 0.198 e. The maximum atomic E-state index is 12.1. The molecule has 0 aliphatic carbocycles. The number of nitrogen functional groups attached to an aromatic ring is 1. The van der Waals surface area contributed by atoms with Crippen molar-refractivity contribution in [2.75, 3.05) is 5.73 Å². The van der Waals surface area contributed by atoms with Gasteiger partial charge in [0.15, 0.2) is 5.78 Å². The van der Waals surface area contributed by atoms with Crippen molar-refractivity contribution in [1.29, 1.82) is 0 Å². The van der Waals surface area contributed by atoms with Crippen LogP contribution in [0.3, 0.4) is 0 Å². The molecule has 2 heterocycles. The van der Waals surface area contributed by atoms with Crippen molar-refractivity contribution < 1.29 is 4.79 Å². The zero-order chi connectivity index (χ0) is 11.5. The SMILES string of the molecule is Cc1ccnc(N)c1C(=O)c1cccnc1. The van der Waals surface area contributed by atoms with Gasteiger partial charge in [-0.3, -0.25) is 9.78 Å². The number of hydrogen-bond donors (Lipinski definition) is 1. The summed E-state index contributed by atoms with van der Waals surface area (Å²) in [6.07, 6.45) is 4.73. The van der Waals surface area contributed by atoms with Crippen molar-refractivity contribution in [1.82, 2.24) is 9.97 Å². The van der Waals surface area contributed by atoms with Crippen molar-refractivity contribution >= 4 is 11.6 Å². The number of carbonyl (C=O) groups is 1. The van der Waals surface area contributed by atoms with Gasteiger partial charge in [0.2, 0.25) is 0 Å². The summed E-state index contributed by atoms with van der Waals surface area (Å²) in [5, 5.41) is 0. The third-order valence-corrected chi connectivity index (χ3v) is 2.34. The van der Waals surface area contributed by atoms with Gasteiger partial charge in [-0.25, -0.2) is 4.98 Å². The number of hydrogen-bond acceptors (Lipinski definition) is 4. The van der Waals surface area contributed by atoms with Gasteiger partial charge in [0.05, 0.1) is 5.56 Å². The lowest BCUT2D eigenvalue weighted by molar-refractivity contribution is 0.103. The second-order valence-corrected chi connectivity index (χ2v) is 3.46. The summed E-state index contributed by atoms with van der Waals surface area (Å²) in [5.41, 5.74) is 7.50. The third kappa shape index (κ3) is 1.77. The van der Waals surface area contributed by atoms with Crippen molar-refractivity contribution in [3.63, 3.8) is 0 Å². The van der Waals surface area contributed by atoms with Crippen molar-refractivity contribution in [2.45, 2.75) is 6.92 Å². The number of aromatic nitrogens is 2. The maximum absolute atomic E-state index is 12.1. The van der Waals surface area contributed by atoms with Crippen molar-refractivity contribution in [3.8, 4) is 0 Å². The molecule has 2 aromatic heterocycles. The van der Waals surface area contributed by atoms with Crippen LogP contribution in [-0.4, -0.2) is 15.8 Å². The minimum absolute atomic E-state index is 0.142. The van der Waals surface area contributed by atoms with E-state index in [4.69, 9.17) is 5.73 Å². The van der Waals surface area contributed by atoms with Crippen LogP contribution >= 0.6 is 0 Å². The molecule has 0 radical (unpaired) electrons. The van der Waals surface area contributed by atoms with E-state index in [0.717, 1.165) is 5.56 Å². The van der Waals surface area contributed by atoms with E-state index in [-0.39, 0.29) is 11.6 Å². The molecule has 0 aromatic carbocycles. The standard InChI is InChI=1S/C12H11N3O/c1-8-4-6-15-12(13)10(8)11(16)9-3-2-5-14-7-9/h2-7H,1H3,(H2,13,15). The molecule has 4 nitrogen and oxygen atoms in total. The van der Waals surface area contributed by atoms with Crippen LogP contribution in [0.1, 0.15) is 21.5 Å². The molecule has 2 aromatic rings. The fourth-order valence-corrected chi connectivity index (χ4v) is 1.52. The molecule has 0 saturated heterocycles. The Morgan fingerprint density at radius 1 is 1.31 bits per heavy atom. The molecule has 2 N–H and O–H groups in total. The van der Waals surface area contributed by atoms with Crippen LogP contribution in [0.2, 0.25) is 0 Å². The minimum atomic E-state index is -0.142. The summed E-state index contributed by atoms with van der Waals surface area (Å²) >= 11 is 0. The van der Waals surface area contributed by atoms with Crippen LogP contribution in [0.4, 0.5) is 5.82 Å². The molecule has 0 fully saturated rings. The van der Waals surface area contributed by atoms with E-state index in [1.54, 1.807) is 30.6 Å². The molecule has 0 unspecified atom stereocenters. The third-order valence-electron chi connectivity index (χ3n) is 2.34. The number of nitrogens with two attached hydrogens (primary N) is 1. The summed E-state index contributed by atoms with van der Waals surface area (Å²) in [6.45, 7) is 1.83. The highest BCUT2D eigenvalue weighted by atomic mass is 16.1. The van der Waals surface area contributed by atoms with Crippen LogP contribution in [0.25, 0.3) is 0 Å². The Labute approximate surface area is 93.2 Å². The van der Waals surface area contributed by atoms with Gasteiger partial charge in [0.1, 0.15) is 5.82 Å². The second kappa shape index (κ2) is 4.10. The number of carbonyl (C=O) groups excluding carboxylic acids is 1. The Hall–Kier alpha value is -2.23. The van der Waals surface area contributed by atoms with E-state index >= 15 is 0 Å². The van der Waals surface area contributed by atoms with Crippen molar-refractivity contribution in [3.05, 3.63) is 53.5 Å². The fraction of sp³-hybridized carbons (Fsp3) is 0.0833. The van der Waals surface area contributed by atoms with E-state index in [1.165, 1.54) is 6.20 Å². The molecule has 16 heavy (non-hydrogen) atoms. The zero-order valence-corrected chi connectivity index (χ0v) is 8.84. The van der Waals surface area contributed by atoms with Crippen LogP contribution in [-0.2, 0) is 0 Å². The van der Waals surface area contributed by atoms with Crippen LogP contribution < -0.4 is 5.73 Å². The van der Waals surface area contributed by atoms with Gasteiger partial charge in [-0.1, -0.05) is 0 Å². The molecular weight excluding hydrogens is 202 g/mol. The molecule has 80 valence electrons. The van der Waals surface area contributed by atoms with E-state index in [1.807, 2.05) is 6.92 Å². The Balaban J connectivity index is 2.50. The number of rotatable bonds is 2. The summed E-state index contributed by atoms with van der Waals surface area (Å²) < 4.78 is 0. The summed E-state index contributed by atoms with van der Waals surface area (Å²) in [6, 6.07) is 5.19. The van der Waals surface area contributed by atoms with E-state index in [2.05, 4.69) is 9.97 Å². The monoisotopic (exact) mass is 213 g/mol. The summed E-state index contributed by atoms with van der Waals surface area (Å²) in [4.78, 5) is 20.0. The first-order valence-corrected chi connectivity index (χ1v) is 4.86. The Kier molecular flexibility index (Phi) is 2.64. The van der Waals surface area contributed by atoms with Gasteiger partial charge in [-0.15, -0.1) is 0 Å². The molecule has 0 aliphatic heterocycles. The summed E-state index contributed by atoms with van der Waals surface area (Å²) in [5.74, 6) is 0.116. The predicted molar refractivity (Wildman–Crippen MR) is 61.1 cm³/mol. The highest BCUT2D eigenvalue weighted by molar-refractivity contribution is 6.12. The molecular formula is C12H11N3O. The van der Waals surface area contributed by atoms with Gasteiger partial charge in [0, 0.05) is 24.2 Å². The number of anilines is 1. The van der Waals surface area contributed by atoms with Crippen LogP contribution in [0, 0.1) is 6.92 Å². The topological polar surface area (TPSA) is 68.9 Å². The highest BCUT2D eigenvalue weighted by Gasteiger charge is 2.15. The molecule has 2 rings (SSSR count). The molecule has 0 aliphatic rings. The highest BCUT2D eigenvalue weighted by Crippen LogP contribution is 2.17. The van der Waals surface area contributed by atoms with Gasteiger partial charge in [-0.2, -0.15) is 0 Å². The van der Waals surface area contributed by atoms with E-state index in [9.17, 15) is 4.79 Å². The van der Waals surface area contributed by atoms with Gasteiger partial charge in [-0.05, 0) is 30.7 Å². The first-order chi connectivity index (χ1) is 7.70. The van der Waals surface area contributed by atoms with Gasteiger partial charge >= 0.3 is 0 Å². The van der Waals surface area contributed by atoms with E-state index in [0.29, 0.717) is 11.1 Å².